The zero-order valence-corrected chi connectivity index (χ0v) is 9.64. The lowest BCUT2D eigenvalue weighted by Crippen LogP contribution is -2.15. The number of hydrogen-bond donors (Lipinski definition) is 2. The van der Waals surface area contributed by atoms with Crippen molar-refractivity contribution in [1.29, 1.82) is 0 Å². The molecule has 4 nitrogen and oxygen atoms in total. The van der Waals surface area contributed by atoms with Crippen molar-refractivity contribution >= 4 is 22.7 Å². The molecule has 0 aromatic carbocycles. The third kappa shape index (κ3) is 2.70. The van der Waals surface area contributed by atoms with Gasteiger partial charge in [0.1, 0.15) is 4.90 Å². The maximum absolute atomic E-state index is 11.0. The second kappa shape index (κ2) is 3.52. The highest BCUT2D eigenvalue weighted by atomic mass is 32.2. The van der Waals surface area contributed by atoms with E-state index in [-0.39, 0.29) is 4.90 Å². The molecule has 0 aliphatic heterocycles. The fourth-order valence-electron chi connectivity index (χ4n) is 0.909. The monoisotopic (exact) mass is 232 g/mol. The van der Waals surface area contributed by atoms with Gasteiger partial charge in [0.25, 0.3) is 0 Å². The van der Waals surface area contributed by atoms with Crippen LogP contribution in [0.15, 0.2) is 23.4 Å². The Labute approximate surface area is 89.0 Å². The van der Waals surface area contributed by atoms with Crippen LogP contribution in [0.3, 0.4) is 0 Å². The van der Waals surface area contributed by atoms with E-state index in [0.29, 0.717) is 5.56 Å². The second-order valence-electron chi connectivity index (χ2n) is 3.51. The second-order valence-corrected chi connectivity index (χ2v) is 6.19. The number of pyridine rings is 1. The molecule has 0 spiro atoms. The van der Waals surface area contributed by atoms with Crippen LogP contribution in [0.25, 0.3) is 0 Å². The van der Waals surface area contributed by atoms with Crippen LogP contribution in [0, 0.1) is 0 Å². The highest BCUT2D eigenvalue weighted by Gasteiger charge is 2.18. The first-order valence-corrected chi connectivity index (χ1v) is 5.91. The Morgan fingerprint density at radius 1 is 1.43 bits per heavy atom. The quantitative estimate of drug-likeness (QED) is 0.744. The molecule has 0 aliphatic rings. The molecule has 0 saturated carbocycles. The minimum Gasteiger partial charge on any atom is -0.263 e. The first kappa shape index (κ1) is 11.5. The highest BCUT2D eigenvalue weighted by molar-refractivity contribution is 7.89. The summed E-state index contributed by atoms with van der Waals surface area (Å²) in [5.41, 5.74) is 0.715. The Morgan fingerprint density at radius 2 is 2.00 bits per heavy atom. The average Bonchev–Trinajstić information content (AvgIpc) is 2.01. The van der Waals surface area contributed by atoms with E-state index >= 15 is 0 Å². The van der Waals surface area contributed by atoms with Gasteiger partial charge in [-0.15, -0.1) is 0 Å². The van der Waals surface area contributed by atoms with E-state index in [2.05, 4.69) is 17.6 Å². The molecule has 1 aromatic heterocycles. The van der Waals surface area contributed by atoms with Crippen LogP contribution >= 0.6 is 12.6 Å². The van der Waals surface area contributed by atoms with Crippen LogP contribution in [0.5, 0.6) is 0 Å². The first-order chi connectivity index (χ1) is 6.21. The van der Waals surface area contributed by atoms with Gasteiger partial charge in [0.15, 0.2) is 0 Å². The highest BCUT2D eigenvalue weighted by Crippen LogP contribution is 2.27. The van der Waals surface area contributed by atoms with E-state index in [0.717, 1.165) is 0 Å². The van der Waals surface area contributed by atoms with Gasteiger partial charge < -0.3 is 0 Å². The summed E-state index contributed by atoms with van der Waals surface area (Å²) in [6, 6.07) is 1.48. The number of aromatic nitrogens is 1. The summed E-state index contributed by atoms with van der Waals surface area (Å²) in [4.78, 5) is 3.82. The summed E-state index contributed by atoms with van der Waals surface area (Å²) in [5.74, 6) is 0. The van der Waals surface area contributed by atoms with Gasteiger partial charge >= 0.3 is 0 Å². The smallest absolute Gasteiger partial charge is 0.239 e. The van der Waals surface area contributed by atoms with Crippen molar-refractivity contribution in [2.24, 2.45) is 5.14 Å². The normalized spacial score (nSPS) is 12.9. The maximum atomic E-state index is 11.0. The van der Waals surface area contributed by atoms with Crippen LogP contribution in [0.2, 0.25) is 0 Å². The van der Waals surface area contributed by atoms with Crippen molar-refractivity contribution < 1.29 is 8.42 Å². The number of nitrogens with zero attached hydrogens (tertiary/aromatic N) is 1. The molecule has 2 N–H and O–H groups in total. The van der Waals surface area contributed by atoms with Gasteiger partial charge in [0.05, 0.1) is 0 Å². The summed E-state index contributed by atoms with van der Waals surface area (Å²) in [6.07, 6.45) is 2.79. The van der Waals surface area contributed by atoms with Crippen LogP contribution in [0.4, 0.5) is 0 Å². The Bertz CT molecular complexity index is 435. The van der Waals surface area contributed by atoms with Crippen LogP contribution < -0.4 is 5.14 Å². The zero-order valence-electron chi connectivity index (χ0n) is 7.93. The van der Waals surface area contributed by atoms with Crippen molar-refractivity contribution in [3.8, 4) is 0 Å². The zero-order chi connectivity index (χ0) is 11.0. The molecule has 1 heterocycles. The van der Waals surface area contributed by atoms with Gasteiger partial charge in [0, 0.05) is 17.1 Å². The molecular formula is C8H12N2O2S2. The molecule has 0 aliphatic carbocycles. The summed E-state index contributed by atoms with van der Waals surface area (Å²) in [7, 11) is -3.68. The lowest BCUT2D eigenvalue weighted by molar-refractivity contribution is 0.597. The number of thiol groups is 1. The molecule has 6 heteroatoms. The molecule has 0 saturated heterocycles. The van der Waals surface area contributed by atoms with Gasteiger partial charge in [-0.1, -0.05) is 0 Å². The lowest BCUT2D eigenvalue weighted by atomic mass is 10.1. The Morgan fingerprint density at radius 3 is 2.43 bits per heavy atom. The number of sulfonamides is 1. The van der Waals surface area contributed by atoms with E-state index in [4.69, 9.17) is 5.14 Å². The summed E-state index contributed by atoms with van der Waals surface area (Å²) in [5, 5.41) is 4.98. The van der Waals surface area contributed by atoms with Crippen molar-refractivity contribution in [2.45, 2.75) is 23.5 Å². The minimum atomic E-state index is -3.68. The van der Waals surface area contributed by atoms with Crippen molar-refractivity contribution in [3.63, 3.8) is 0 Å². The third-order valence-corrected chi connectivity index (χ3v) is 2.89. The Kier molecular flexibility index (Phi) is 2.89. The van der Waals surface area contributed by atoms with Gasteiger partial charge in [-0.25, -0.2) is 13.6 Å². The van der Waals surface area contributed by atoms with Crippen molar-refractivity contribution in [3.05, 3.63) is 24.0 Å². The molecule has 0 fully saturated rings. The third-order valence-electron chi connectivity index (χ3n) is 1.75. The number of rotatable bonds is 2. The van der Waals surface area contributed by atoms with E-state index < -0.39 is 14.8 Å². The van der Waals surface area contributed by atoms with Crippen LogP contribution in [-0.4, -0.2) is 13.4 Å². The fraction of sp³-hybridized carbons (Fsp3) is 0.375. The predicted molar refractivity (Wildman–Crippen MR) is 57.6 cm³/mol. The van der Waals surface area contributed by atoms with Gasteiger partial charge in [-0.3, -0.25) is 4.98 Å². The molecule has 0 atom stereocenters. The van der Waals surface area contributed by atoms with Crippen LogP contribution in [-0.2, 0) is 14.8 Å². The average molecular weight is 232 g/mol. The lowest BCUT2D eigenvalue weighted by Gasteiger charge is -2.17. The SMILES string of the molecule is CC(C)(S)c1cncc(S(N)(=O)=O)c1. The summed E-state index contributed by atoms with van der Waals surface area (Å²) < 4.78 is 21.6. The maximum Gasteiger partial charge on any atom is 0.239 e. The number of hydrogen-bond acceptors (Lipinski definition) is 4. The molecule has 0 amide bonds. The van der Waals surface area contributed by atoms with E-state index in [9.17, 15) is 8.42 Å². The van der Waals surface area contributed by atoms with E-state index in [1.165, 1.54) is 12.3 Å². The number of primary sulfonamides is 1. The van der Waals surface area contributed by atoms with Gasteiger partial charge in [0.2, 0.25) is 10.0 Å². The van der Waals surface area contributed by atoms with Crippen LogP contribution in [0.1, 0.15) is 19.4 Å². The van der Waals surface area contributed by atoms with Crippen molar-refractivity contribution in [1.82, 2.24) is 4.98 Å². The standard InChI is InChI=1S/C8H12N2O2S2/c1-8(2,13)6-3-7(5-10-4-6)14(9,11)12/h3-5,13H,1-2H3,(H2,9,11,12). The molecule has 0 radical (unpaired) electrons. The summed E-state index contributed by atoms with van der Waals surface area (Å²) in [6.45, 7) is 3.69. The predicted octanol–water partition coefficient (Wildman–Crippen LogP) is 0.894. The topological polar surface area (TPSA) is 73.0 Å². The van der Waals surface area contributed by atoms with Gasteiger partial charge in [-0.05, 0) is 25.5 Å². The molecule has 0 bridgehead atoms. The Hall–Kier alpha value is -0.590. The molecule has 78 valence electrons. The largest absolute Gasteiger partial charge is 0.263 e. The molecule has 1 rings (SSSR count). The fourth-order valence-corrected chi connectivity index (χ4v) is 1.53. The molecule has 14 heavy (non-hydrogen) atoms. The molecule has 1 aromatic rings. The number of nitrogens with two attached hydrogens (primary N) is 1. The first-order valence-electron chi connectivity index (χ1n) is 3.92. The summed E-state index contributed by atoms with van der Waals surface area (Å²) >= 11 is 4.31. The molecule has 0 unspecified atom stereocenters. The van der Waals surface area contributed by atoms with E-state index in [1.54, 1.807) is 6.20 Å². The Balaban J connectivity index is 3.29. The van der Waals surface area contributed by atoms with E-state index in [1.807, 2.05) is 13.8 Å². The molecular weight excluding hydrogens is 220 g/mol. The minimum absolute atomic E-state index is 0.0112. The van der Waals surface area contributed by atoms with Crippen molar-refractivity contribution in [2.75, 3.05) is 0 Å². The van der Waals surface area contributed by atoms with Gasteiger partial charge in [-0.2, -0.15) is 12.6 Å².